The Bertz CT molecular complexity index is 701. The minimum Gasteiger partial charge on any atom is -0.491 e. The number of hydrogen-bond donors (Lipinski definition) is 1. The Labute approximate surface area is 154 Å². The summed E-state index contributed by atoms with van der Waals surface area (Å²) >= 11 is 6.29. The second-order valence-electron chi connectivity index (χ2n) is 6.00. The molecular formula is C20H24ClNO3. The second kappa shape index (κ2) is 9.33. The minimum atomic E-state index is -0.0679. The van der Waals surface area contributed by atoms with Crippen LogP contribution in [0.5, 0.6) is 17.2 Å². The molecule has 1 N–H and O–H groups in total. The molecule has 0 aliphatic heterocycles. The van der Waals surface area contributed by atoms with Crippen molar-refractivity contribution in [1.29, 1.82) is 0 Å². The number of hydrogen-bond acceptors (Lipinski definition) is 3. The third-order valence-electron chi connectivity index (χ3n) is 3.54. The maximum Gasteiger partial charge on any atom is 0.217 e. The van der Waals surface area contributed by atoms with E-state index in [1.54, 1.807) is 0 Å². The topological polar surface area (TPSA) is 47.6 Å². The van der Waals surface area contributed by atoms with Crippen LogP contribution < -0.4 is 14.8 Å². The largest absolute Gasteiger partial charge is 0.491 e. The van der Waals surface area contributed by atoms with E-state index in [4.69, 9.17) is 21.1 Å². The maximum atomic E-state index is 11.0. The summed E-state index contributed by atoms with van der Waals surface area (Å²) in [6, 6.07) is 13.1. The van der Waals surface area contributed by atoms with Crippen molar-refractivity contribution >= 4 is 17.5 Å². The minimum absolute atomic E-state index is 0.0473. The summed E-state index contributed by atoms with van der Waals surface area (Å²) in [7, 11) is 0. The lowest BCUT2D eigenvalue weighted by Gasteiger charge is -2.14. The molecule has 0 spiro atoms. The van der Waals surface area contributed by atoms with E-state index in [2.05, 4.69) is 12.2 Å². The van der Waals surface area contributed by atoms with E-state index in [-0.39, 0.29) is 11.9 Å². The fourth-order valence-electron chi connectivity index (χ4n) is 2.41. The van der Waals surface area contributed by atoms with Crippen LogP contribution in [0.25, 0.3) is 0 Å². The predicted molar refractivity (Wildman–Crippen MR) is 101 cm³/mol. The Morgan fingerprint density at radius 3 is 2.44 bits per heavy atom. The first kappa shape index (κ1) is 19.1. The van der Waals surface area contributed by atoms with Gasteiger partial charge in [-0.3, -0.25) is 4.79 Å². The van der Waals surface area contributed by atoms with Gasteiger partial charge in [0.05, 0.1) is 11.1 Å². The SMILES string of the molecule is CCCc1ccc(Oc2ccc(OCC(C)NC(C)=O)cc2)c(Cl)c1. The van der Waals surface area contributed by atoms with E-state index in [1.807, 2.05) is 49.4 Å². The molecule has 0 aliphatic carbocycles. The van der Waals surface area contributed by atoms with E-state index < -0.39 is 0 Å². The number of nitrogens with one attached hydrogen (secondary N) is 1. The molecule has 25 heavy (non-hydrogen) atoms. The van der Waals surface area contributed by atoms with Crippen molar-refractivity contribution in [2.24, 2.45) is 0 Å². The number of carbonyl (C=O) groups is 1. The molecule has 134 valence electrons. The number of halogens is 1. The quantitative estimate of drug-likeness (QED) is 0.720. The summed E-state index contributed by atoms with van der Waals surface area (Å²) in [4.78, 5) is 11.0. The molecule has 0 fully saturated rings. The fourth-order valence-corrected chi connectivity index (χ4v) is 2.65. The molecule has 5 heteroatoms. The fraction of sp³-hybridized carbons (Fsp3) is 0.350. The first-order valence-electron chi connectivity index (χ1n) is 8.44. The monoisotopic (exact) mass is 361 g/mol. The highest BCUT2D eigenvalue weighted by Gasteiger charge is 2.07. The van der Waals surface area contributed by atoms with E-state index in [1.165, 1.54) is 12.5 Å². The molecule has 1 amide bonds. The zero-order valence-electron chi connectivity index (χ0n) is 14.8. The number of amides is 1. The zero-order valence-corrected chi connectivity index (χ0v) is 15.6. The van der Waals surface area contributed by atoms with Gasteiger partial charge in [-0.25, -0.2) is 0 Å². The Morgan fingerprint density at radius 1 is 1.16 bits per heavy atom. The van der Waals surface area contributed by atoms with Crippen molar-refractivity contribution in [2.75, 3.05) is 6.61 Å². The molecule has 0 aromatic heterocycles. The molecule has 0 bridgehead atoms. The van der Waals surface area contributed by atoms with E-state index in [9.17, 15) is 4.79 Å². The normalized spacial score (nSPS) is 11.7. The predicted octanol–water partition coefficient (Wildman–Crippen LogP) is 4.99. The summed E-state index contributed by atoms with van der Waals surface area (Å²) in [6.45, 7) is 5.93. The van der Waals surface area contributed by atoms with E-state index >= 15 is 0 Å². The van der Waals surface area contributed by atoms with Gasteiger partial charge in [0, 0.05) is 6.92 Å². The van der Waals surface area contributed by atoms with Gasteiger partial charge in [-0.05, 0) is 55.3 Å². The lowest BCUT2D eigenvalue weighted by Crippen LogP contribution is -2.35. The standard InChI is InChI=1S/C20H24ClNO3/c1-4-5-16-6-11-20(19(21)12-16)25-18-9-7-17(8-10-18)24-13-14(2)22-15(3)23/h6-12,14H,4-5,13H2,1-3H3,(H,22,23). The molecule has 0 radical (unpaired) electrons. The second-order valence-corrected chi connectivity index (χ2v) is 6.41. The number of aryl methyl sites for hydroxylation is 1. The van der Waals surface area contributed by atoms with Crippen LogP contribution >= 0.6 is 11.6 Å². The lowest BCUT2D eigenvalue weighted by molar-refractivity contribution is -0.119. The highest BCUT2D eigenvalue weighted by molar-refractivity contribution is 6.32. The van der Waals surface area contributed by atoms with Crippen molar-refractivity contribution in [1.82, 2.24) is 5.32 Å². The average Bonchev–Trinajstić information content (AvgIpc) is 2.56. The molecule has 2 aromatic rings. The Kier molecular flexibility index (Phi) is 7.14. The average molecular weight is 362 g/mol. The van der Waals surface area contributed by atoms with Crippen molar-refractivity contribution < 1.29 is 14.3 Å². The van der Waals surface area contributed by atoms with Crippen LogP contribution in [-0.2, 0) is 11.2 Å². The smallest absolute Gasteiger partial charge is 0.217 e. The summed E-state index contributed by atoms with van der Waals surface area (Å²) < 4.78 is 11.5. The molecule has 0 saturated carbocycles. The summed E-state index contributed by atoms with van der Waals surface area (Å²) in [5.41, 5.74) is 1.21. The third kappa shape index (κ3) is 6.31. The van der Waals surface area contributed by atoms with Gasteiger partial charge in [-0.1, -0.05) is 31.0 Å². The zero-order chi connectivity index (χ0) is 18.2. The van der Waals surface area contributed by atoms with Gasteiger partial charge < -0.3 is 14.8 Å². The number of ether oxygens (including phenoxy) is 2. The van der Waals surface area contributed by atoms with Crippen molar-refractivity contribution in [3.05, 3.63) is 53.1 Å². The number of benzene rings is 2. The van der Waals surface area contributed by atoms with Crippen molar-refractivity contribution in [3.8, 4) is 17.2 Å². The van der Waals surface area contributed by atoms with Crippen LogP contribution in [0.4, 0.5) is 0 Å². The lowest BCUT2D eigenvalue weighted by atomic mass is 10.1. The van der Waals surface area contributed by atoms with Gasteiger partial charge in [0.25, 0.3) is 0 Å². The molecule has 0 heterocycles. The molecule has 4 nitrogen and oxygen atoms in total. The van der Waals surface area contributed by atoms with Crippen molar-refractivity contribution in [2.45, 2.75) is 39.7 Å². The molecule has 2 rings (SSSR count). The van der Waals surface area contributed by atoms with Crippen LogP contribution in [-0.4, -0.2) is 18.6 Å². The van der Waals surface area contributed by atoms with Crippen LogP contribution in [0, 0.1) is 0 Å². The van der Waals surface area contributed by atoms with Gasteiger partial charge in [0.1, 0.15) is 23.9 Å². The Hall–Kier alpha value is -2.20. The summed E-state index contributed by atoms with van der Waals surface area (Å²) in [5, 5.41) is 3.38. The maximum absolute atomic E-state index is 11.0. The number of rotatable bonds is 8. The van der Waals surface area contributed by atoms with E-state index in [0.717, 1.165) is 12.8 Å². The number of carbonyl (C=O) groups excluding carboxylic acids is 1. The van der Waals surface area contributed by atoms with Crippen LogP contribution in [0.2, 0.25) is 5.02 Å². The van der Waals surface area contributed by atoms with Gasteiger partial charge >= 0.3 is 0 Å². The van der Waals surface area contributed by atoms with Crippen LogP contribution in [0.3, 0.4) is 0 Å². The summed E-state index contributed by atoms with van der Waals surface area (Å²) in [6.07, 6.45) is 2.08. The molecular weight excluding hydrogens is 338 g/mol. The van der Waals surface area contributed by atoms with Gasteiger partial charge in [-0.2, -0.15) is 0 Å². The molecule has 0 aliphatic rings. The van der Waals surface area contributed by atoms with Gasteiger partial charge in [0.15, 0.2) is 0 Å². The highest BCUT2D eigenvalue weighted by atomic mass is 35.5. The first-order valence-corrected chi connectivity index (χ1v) is 8.82. The molecule has 2 aromatic carbocycles. The summed E-state index contributed by atoms with van der Waals surface area (Å²) in [5.74, 6) is 1.97. The molecule has 1 atom stereocenters. The first-order chi connectivity index (χ1) is 12.0. The van der Waals surface area contributed by atoms with Crippen LogP contribution in [0.1, 0.15) is 32.8 Å². The van der Waals surface area contributed by atoms with Crippen molar-refractivity contribution in [3.63, 3.8) is 0 Å². The van der Waals surface area contributed by atoms with Gasteiger partial charge in [-0.15, -0.1) is 0 Å². The third-order valence-corrected chi connectivity index (χ3v) is 3.83. The Morgan fingerprint density at radius 2 is 1.84 bits per heavy atom. The van der Waals surface area contributed by atoms with E-state index in [0.29, 0.717) is 28.9 Å². The van der Waals surface area contributed by atoms with Crippen LogP contribution in [0.15, 0.2) is 42.5 Å². The molecule has 0 saturated heterocycles. The molecule has 1 unspecified atom stereocenters. The Balaban J connectivity index is 1.93. The highest BCUT2D eigenvalue weighted by Crippen LogP contribution is 2.31. The van der Waals surface area contributed by atoms with Gasteiger partial charge in [0.2, 0.25) is 5.91 Å².